The lowest BCUT2D eigenvalue weighted by Crippen LogP contribution is -2.48. The molecule has 3 aliphatic rings. The summed E-state index contributed by atoms with van der Waals surface area (Å²) in [6.45, 7) is 5.60. The minimum Gasteiger partial charge on any atom is -0.483 e. The number of benzene rings is 1. The summed E-state index contributed by atoms with van der Waals surface area (Å²) >= 11 is 0. The van der Waals surface area contributed by atoms with Crippen LogP contribution in [0.4, 0.5) is 0 Å². The summed E-state index contributed by atoms with van der Waals surface area (Å²) in [5.41, 5.74) is 3.37. The lowest BCUT2D eigenvalue weighted by molar-refractivity contribution is -0.136. The van der Waals surface area contributed by atoms with Gasteiger partial charge in [0.1, 0.15) is 11.3 Å². The minimum absolute atomic E-state index is 0.0189. The van der Waals surface area contributed by atoms with E-state index < -0.39 is 0 Å². The number of carbonyl (C=O) groups excluding carboxylic acids is 1. The number of piperidine rings is 1. The first kappa shape index (κ1) is 19.6. The molecule has 1 amide bonds. The maximum atomic E-state index is 12.8. The quantitative estimate of drug-likeness (QED) is 0.788. The zero-order valence-electron chi connectivity index (χ0n) is 17.7. The van der Waals surface area contributed by atoms with Crippen LogP contribution in [0.1, 0.15) is 48.8 Å². The first-order chi connectivity index (χ1) is 14.6. The van der Waals surface area contributed by atoms with Crippen LogP contribution in [-0.2, 0) is 17.6 Å². The van der Waals surface area contributed by atoms with Gasteiger partial charge in [0.15, 0.2) is 6.61 Å². The third-order valence-corrected chi connectivity index (χ3v) is 7.29. The molecule has 1 spiro atoms. The number of fused-ring (bicyclic) bond motifs is 3. The van der Waals surface area contributed by atoms with Crippen molar-refractivity contribution in [1.29, 1.82) is 0 Å². The number of amides is 1. The zero-order valence-corrected chi connectivity index (χ0v) is 17.7. The molecule has 160 valence electrons. The fourth-order valence-electron chi connectivity index (χ4n) is 5.58. The largest absolute Gasteiger partial charge is 0.483 e. The molecule has 30 heavy (non-hydrogen) atoms. The number of hydrogen-bond acceptors (Lipinski definition) is 5. The summed E-state index contributed by atoms with van der Waals surface area (Å²) < 4.78 is 11.6. The number of carbonyl (C=O) groups is 1. The Morgan fingerprint density at radius 1 is 1.20 bits per heavy atom. The fraction of sp³-hybridized carbons (Fsp3) is 0.583. The molecule has 0 bridgehead atoms. The van der Waals surface area contributed by atoms with E-state index in [1.807, 2.05) is 24.0 Å². The van der Waals surface area contributed by atoms with Crippen LogP contribution in [0.15, 0.2) is 21.3 Å². The summed E-state index contributed by atoms with van der Waals surface area (Å²) in [4.78, 5) is 27.3. The lowest BCUT2D eigenvalue weighted by atomic mass is 9.79. The Morgan fingerprint density at radius 3 is 2.83 bits per heavy atom. The van der Waals surface area contributed by atoms with Crippen LogP contribution < -0.4 is 15.7 Å². The standard InChI is InChI=1S/C24H30N2O4/c1-16-20(8-7-18-17-5-2-3-6-19(17)23(28)30-22(16)18)29-13-21(27)26-12-4-9-24(15-26)10-11-25-14-24/h7-8,25H,2-6,9-15H2,1H3. The van der Waals surface area contributed by atoms with Crippen LogP contribution in [-0.4, -0.2) is 43.6 Å². The number of likely N-dealkylation sites (tertiary alicyclic amines) is 1. The average molecular weight is 411 g/mol. The SMILES string of the molecule is Cc1c(OCC(=O)N2CCCC3(CCNC3)C2)ccc2c3c(c(=O)oc12)CCCC3. The van der Waals surface area contributed by atoms with Crippen molar-refractivity contribution in [2.45, 2.75) is 51.9 Å². The molecule has 2 fully saturated rings. The van der Waals surface area contributed by atoms with E-state index in [1.165, 1.54) is 6.42 Å². The normalized spacial score (nSPS) is 23.7. The maximum absolute atomic E-state index is 12.8. The molecule has 1 aromatic heterocycles. The number of hydrogen-bond donors (Lipinski definition) is 1. The lowest BCUT2D eigenvalue weighted by Gasteiger charge is -2.40. The van der Waals surface area contributed by atoms with Crippen molar-refractivity contribution in [3.05, 3.63) is 39.2 Å². The molecule has 6 nitrogen and oxygen atoms in total. The summed E-state index contributed by atoms with van der Waals surface area (Å²) in [7, 11) is 0. The van der Waals surface area contributed by atoms with Crippen molar-refractivity contribution < 1.29 is 13.9 Å². The molecule has 1 aromatic carbocycles. The number of ether oxygens (including phenoxy) is 1. The van der Waals surface area contributed by atoms with Crippen molar-refractivity contribution in [2.75, 3.05) is 32.8 Å². The Hall–Kier alpha value is -2.34. The van der Waals surface area contributed by atoms with Crippen LogP contribution in [0.3, 0.4) is 0 Å². The average Bonchev–Trinajstić information content (AvgIpc) is 3.21. The van der Waals surface area contributed by atoms with Gasteiger partial charge in [-0.1, -0.05) is 0 Å². The van der Waals surface area contributed by atoms with Gasteiger partial charge in [-0.15, -0.1) is 0 Å². The molecule has 2 aliphatic heterocycles. The summed E-state index contributed by atoms with van der Waals surface area (Å²) in [5.74, 6) is 0.649. The van der Waals surface area contributed by atoms with Crippen LogP contribution in [0.25, 0.3) is 11.0 Å². The van der Waals surface area contributed by atoms with Crippen LogP contribution >= 0.6 is 0 Å². The van der Waals surface area contributed by atoms with E-state index in [2.05, 4.69) is 5.32 Å². The van der Waals surface area contributed by atoms with E-state index in [-0.39, 0.29) is 23.6 Å². The molecule has 1 atom stereocenters. The molecule has 2 aromatic rings. The Morgan fingerprint density at radius 2 is 2.03 bits per heavy atom. The highest BCUT2D eigenvalue weighted by Crippen LogP contribution is 2.36. The molecule has 1 unspecified atom stereocenters. The van der Waals surface area contributed by atoms with Gasteiger partial charge in [-0.2, -0.15) is 0 Å². The van der Waals surface area contributed by atoms with Gasteiger partial charge in [0.25, 0.3) is 5.91 Å². The number of nitrogens with zero attached hydrogens (tertiary/aromatic N) is 1. The van der Waals surface area contributed by atoms with E-state index in [1.54, 1.807) is 0 Å². The second kappa shape index (κ2) is 7.73. The molecule has 1 aliphatic carbocycles. The van der Waals surface area contributed by atoms with Gasteiger partial charge in [-0.05, 0) is 76.1 Å². The minimum atomic E-state index is -0.225. The van der Waals surface area contributed by atoms with Gasteiger partial charge in [-0.25, -0.2) is 4.79 Å². The molecule has 1 N–H and O–H groups in total. The van der Waals surface area contributed by atoms with Gasteiger partial charge < -0.3 is 19.4 Å². The van der Waals surface area contributed by atoms with Crippen LogP contribution in [0.5, 0.6) is 5.75 Å². The second-order valence-corrected chi connectivity index (χ2v) is 9.25. The van der Waals surface area contributed by atoms with Crippen molar-refractivity contribution in [1.82, 2.24) is 10.2 Å². The third-order valence-electron chi connectivity index (χ3n) is 7.29. The summed E-state index contributed by atoms with van der Waals surface area (Å²) in [6.07, 6.45) is 7.25. The molecular formula is C24H30N2O4. The predicted molar refractivity (Wildman–Crippen MR) is 115 cm³/mol. The molecular weight excluding hydrogens is 380 g/mol. The van der Waals surface area contributed by atoms with E-state index in [0.29, 0.717) is 11.3 Å². The Kier molecular flexibility index (Phi) is 5.05. The van der Waals surface area contributed by atoms with Crippen molar-refractivity contribution in [3.63, 3.8) is 0 Å². The van der Waals surface area contributed by atoms with Crippen molar-refractivity contribution in [2.24, 2.45) is 5.41 Å². The number of nitrogens with one attached hydrogen (secondary N) is 1. The molecule has 0 radical (unpaired) electrons. The van der Waals surface area contributed by atoms with Crippen molar-refractivity contribution >= 4 is 16.9 Å². The molecule has 5 rings (SSSR count). The van der Waals surface area contributed by atoms with E-state index in [0.717, 1.165) is 86.8 Å². The van der Waals surface area contributed by atoms with Crippen molar-refractivity contribution in [3.8, 4) is 5.75 Å². The molecule has 3 heterocycles. The zero-order chi connectivity index (χ0) is 20.7. The van der Waals surface area contributed by atoms with Crippen LogP contribution in [0.2, 0.25) is 0 Å². The van der Waals surface area contributed by atoms with E-state index in [9.17, 15) is 9.59 Å². The van der Waals surface area contributed by atoms with Gasteiger partial charge in [0.05, 0.1) is 0 Å². The van der Waals surface area contributed by atoms with Gasteiger partial charge >= 0.3 is 5.63 Å². The molecule has 2 saturated heterocycles. The highest BCUT2D eigenvalue weighted by molar-refractivity contribution is 5.86. The third kappa shape index (κ3) is 3.41. The summed E-state index contributed by atoms with van der Waals surface area (Å²) in [5, 5.41) is 4.45. The maximum Gasteiger partial charge on any atom is 0.339 e. The molecule has 6 heteroatoms. The molecule has 0 saturated carbocycles. The first-order valence-electron chi connectivity index (χ1n) is 11.3. The van der Waals surface area contributed by atoms with Gasteiger partial charge in [-0.3, -0.25) is 4.79 Å². The highest BCUT2D eigenvalue weighted by Gasteiger charge is 2.39. The van der Waals surface area contributed by atoms with Gasteiger partial charge in [0.2, 0.25) is 0 Å². The van der Waals surface area contributed by atoms with E-state index >= 15 is 0 Å². The Labute approximate surface area is 176 Å². The second-order valence-electron chi connectivity index (χ2n) is 9.25. The van der Waals surface area contributed by atoms with E-state index in [4.69, 9.17) is 9.15 Å². The number of aryl methyl sites for hydroxylation is 2. The smallest absolute Gasteiger partial charge is 0.339 e. The predicted octanol–water partition coefficient (Wildman–Crippen LogP) is 2.96. The topological polar surface area (TPSA) is 71.8 Å². The Bertz CT molecular complexity index is 1040. The first-order valence-corrected chi connectivity index (χ1v) is 11.3. The van der Waals surface area contributed by atoms with Crippen LogP contribution in [0, 0.1) is 12.3 Å². The van der Waals surface area contributed by atoms with Gasteiger partial charge in [0, 0.05) is 41.6 Å². The summed E-state index contributed by atoms with van der Waals surface area (Å²) in [6, 6.07) is 3.90. The monoisotopic (exact) mass is 410 g/mol. The fourth-order valence-corrected chi connectivity index (χ4v) is 5.58. The Balaban J connectivity index is 1.34. The highest BCUT2D eigenvalue weighted by atomic mass is 16.5. The number of rotatable bonds is 3.